The summed E-state index contributed by atoms with van der Waals surface area (Å²) in [6, 6.07) is 11.8. The second-order valence-corrected chi connectivity index (χ2v) is 8.22. The lowest BCUT2D eigenvalue weighted by Gasteiger charge is -2.13. The van der Waals surface area contributed by atoms with Crippen LogP contribution in [0, 0.1) is 0 Å². The second-order valence-electron chi connectivity index (χ2n) is 7.36. The summed E-state index contributed by atoms with van der Waals surface area (Å²) < 4.78 is 16.4. The van der Waals surface area contributed by atoms with Crippen molar-refractivity contribution >= 4 is 29.2 Å². The fourth-order valence-corrected chi connectivity index (χ4v) is 4.20. The number of aromatic nitrogens is 1. The maximum absolute atomic E-state index is 12.6. The molecule has 176 valence electrons. The van der Waals surface area contributed by atoms with E-state index in [0.717, 1.165) is 15.5 Å². The van der Waals surface area contributed by atoms with Crippen LogP contribution in [-0.2, 0) is 22.7 Å². The third-order valence-corrected chi connectivity index (χ3v) is 5.99. The highest BCUT2D eigenvalue weighted by Gasteiger charge is 2.28. The van der Waals surface area contributed by atoms with Crippen molar-refractivity contribution in [2.24, 2.45) is 0 Å². The van der Waals surface area contributed by atoms with Crippen LogP contribution in [0.4, 0.5) is 4.79 Å². The molecule has 0 saturated carbocycles. The zero-order chi connectivity index (χ0) is 24.1. The van der Waals surface area contributed by atoms with Gasteiger partial charge in [-0.25, -0.2) is 14.6 Å². The van der Waals surface area contributed by atoms with E-state index in [0.29, 0.717) is 34.9 Å². The van der Waals surface area contributed by atoms with Gasteiger partial charge in [-0.05, 0) is 42.8 Å². The van der Waals surface area contributed by atoms with E-state index >= 15 is 0 Å². The Morgan fingerprint density at radius 3 is 2.76 bits per heavy atom. The topological polar surface area (TPSA) is 107 Å². The summed E-state index contributed by atoms with van der Waals surface area (Å²) in [5.41, 5.74) is 2.48. The molecule has 34 heavy (non-hydrogen) atoms. The predicted octanol–water partition coefficient (Wildman–Crippen LogP) is 3.63. The molecule has 0 unspecified atom stereocenters. The van der Waals surface area contributed by atoms with Crippen LogP contribution in [0.5, 0.6) is 11.5 Å². The van der Waals surface area contributed by atoms with Crippen molar-refractivity contribution < 1.29 is 28.6 Å². The number of hydrogen-bond acceptors (Lipinski definition) is 8. The highest BCUT2D eigenvalue weighted by atomic mass is 32.1. The van der Waals surface area contributed by atoms with E-state index in [1.54, 1.807) is 31.4 Å². The monoisotopic (exact) mass is 481 g/mol. The quantitative estimate of drug-likeness (QED) is 0.367. The standard InChI is InChI=1S/C24H23N3O6S/c1-3-32-19-8-7-16(10-20(19)31-2)22-26-18(14-34-22)13-33-23(29)17-6-4-5-15(9-17)12-27-21(28)11-25-24(27)30/h4-10,14H,3,11-13H2,1-2H3,(H,25,30). The number of benzene rings is 2. The normalized spacial score (nSPS) is 13.1. The minimum atomic E-state index is -0.517. The lowest BCUT2D eigenvalue weighted by Crippen LogP contribution is -2.30. The molecule has 4 rings (SSSR count). The fraction of sp³-hybridized carbons (Fsp3) is 0.250. The van der Waals surface area contributed by atoms with Crippen LogP contribution >= 0.6 is 11.3 Å². The first-order chi connectivity index (χ1) is 16.5. The van der Waals surface area contributed by atoms with Crippen molar-refractivity contribution in [3.05, 3.63) is 64.7 Å². The van der Waals surface area contributed by atoms with Gasteiger partial charge in [-0.15, -0.1) is 11.3 Å². The molecule has 0 aliphatic carbocycles. The van der Waals surface area contributed by atoms with Crippen LogP contribution in [0.15, 0.2) is 47.8 Å². The first-order valence-corrected chi connectivity index (χ1v) is 11.5. The van der Waals surface area contributed by atoms with E-state index in [1.165, 1.54) is 11.3 Å². The van der Waals surface area contributed by atoms with Crippen molar-refractivity contribution in [1.29, 1.82) is 0 Å². The SMILES string of the molecule is CCOc1ccc(-c2nc(COC(=O)c3cccc(CN4C(=O)CNC4=O)c3)cs2)cc1OC. The first-order valence-electron chi connectivity index (χ1n) is 10.6. The lowest BCUT2D eigenvalue weighted by atomic mass is 10.1. The molecule has 1 aromatic heterocycles. The zero-order valence-electron chi connectivity index (χ0n) is 18.7. The number of nitrogens with one attached hydrogen (secondary N) is 1. The number of amides is 3. The number of thiazole rings is 1. The molecular formula is C24H23N3O6S. The Labute approximate surface area is 200 Å². The van der Waals surface area contributed by atoms with Gasteiger partial charge in [0, 0.05) is 10.9 Å². The van der Waals surface area contributed by atoms with Gasteiger partial charge in [-0.2, -0.15) is 0 Å². The van der Waals surface area contributed by atoms with Crippen molar-refractivity contribution in [2.45, 2.75) is 20.1 Å². The number of urea groups is 1. The zero-order valence-corrected chi connectivity index (χ0v) is 19.5. The molecule has 1 fully saturated rings. The average Bonchev–Trinajstić information content (AvgIpc) is 3.45. The maximum atomic E-state index is 12.6. The van der Waals surface area contributed by atoms with Crippen LogP contribution in [0.2, 0.25) is 0 Å². The minimum absolute atomic E-state index is 0.0142. The lowest BCUT2D eigenvalue weighted by molar-refractivity contribution is -0.125. The molecule has 3 amide bonds. The maximum Gasteiger partial charge on any atom is 0.338 e. The highest BCUT2D eigenvalue weighted by molar-refractivity contribution is 7.13. The summed E-state index contributed by atoms with van der Waals surface area (Å²) in [6.07, 6.45) is 0. The summed E-state index contributed by atoms with van der Waals surface area (Å²) in [5, 5.41) is 5.07. The molecule has 2 aromatic carbocycles. The molecule has 1 aliphatic heterocycles. The molecule has 0 atom stereocenters. The molecule has 0 bridgehead atoms. The van der Waals surface area contributed by atoms with Gasteiger partial charge in [0.1, 0.15) is 11.6 Å². The van der Waals surface area contributed by atoms with Crippen LogP contribution in [0.3, 0.4) is 0 Å². The number of carbonyl (C=O) groups excluding carboxylic acids is 3. The van der Waals surface area contributed by atoms with E-state index in [1.807, 2.05) is 30.5 Å². The molecule has 0 radical (unpaired) electrons. The van der Waals surface area contributed by atoms with Gasteiger partial charge in [0.05, 0.1) is 38.1 Å². The summed E-state index contributed by atoms with van der Waals surface area (Å²) in [6.45, 7) is 2.54. The number of hydrogen-bond donors (Lipinski definition) is 1. The summed E-state index contributed by atoms with van der Waals surface area (Å²) in [7, 11) is 1.58. The molecule has 1 saturated heterocycles. The number of methoxy groups -OCH3 is 1. The van der Waals surface area contributed by atoms with Crippen molar-refractivity contribution in [2.75, 3.05) is 20.3 Å². The number of imide groups is 1. The van der Waals surface area contributed by atoms with Crippen LogP contribution in [-0.4, -0.2) is 48.1 Å². The Hall–Kier alpha value is -3.92. The van der Waals surface area contributed by atoms with Gasteiger partial charge in [0.25, 0.3) is 0 Å². The van der Waals surface area contributed by atoms with Gasteiger partial charge in [-0.3, -0.25) is 9.69 Å². The third-order valence-electron chi connectivity index (χ3n) is 5.05. The fourth-order valence-electron chi connectivity index (χ4n) is 3.40. The largest absolute Gasteiger partial charge is 0.493 e. The van der Waals surface area contributed by atoms with Crippen molar-refractivity contribution in [3.8, 4) is 22.1 Å². The Bertz CT molecular complexity index is 1210. The molecule has 2 heterocycles. The first kappa shape index (κ1) is 23.2. The van der Waals surface area contributed by atoms with E-state index < -0.39 is 12.0 Å². The molecule has 1 aliphatic rings. The minimum Gasteiger partial charge on any atom is -0.493 e. The number of esters is 1. The Balaban J connectivity index is 1.39. The molecule has 3 aromatic rings. The van der Waals surface area contributed by atoms with Crippen LogP contribution in [0.25, 0.3) is 10.6 Å². The summed E-state index contributed by atoms with van der Waals surface area (Å²) >= 11 is 1.44. The third kappa shape index (κ3) is 5.18. The van der Waals surface area contributed by atoms with E-state index in [2.05, 4.69) is 10.3 Å². The highest BCUT2D eigenvalue weighted by Crippen LogP contribution is 2.34. The number of nitrogens with zero attached hydrogens (tertiary/aromatic N) is 2. The summed E-state index contributed by atoms with van der Waals surface area (Å²) in [5.74, 6) is 0.464. The van der Waals surface area contributed by atoms with Gasteiger partial charge < -0.3 is 19.5 Å². The van der Waals surface area contributed by atoms with Gasteiger partial charge >= 0.3 is 12.0 Å². The molecule has 9 nitrogen and oxygen atoms in total. The molecular weight excluding hydrogens is 458 g/mol. The van der Waals surface area contributed by atoms with Gasteiger partial charge in [0.2, 0.25) is 5.91 Å². The molecule has 1 N–H and O–H groups in total. The van der Waals surface area contributed by atoms with E-state index in [4.69, 9.17) is 14.2 Å². The van der Waals surface area contributed by atoms with Crippen molar-refractivity contribution in [3.63, 3.8) is 0 Å². The van der Waals surface area contributed by atoms with E-state index in [9.17, 15) is 14.4 Å². The Morgan fingerprint density at radius 1 is 1.18 bits per heavy atom. The number of rotatable bonds is 9. The molecule has 0 spiro atoms. The van der Waals surface area contributed by atoms with E-state index in [-0.39, 0.29) is 25.6 Å². The van der Waals surface area contributed by atoms with Crippen LogP contribution in [0.1, 0.15) is 28.5 Å². The molecule has 10 heteroatoms. The van der Waals surface area contributed by atoms with Gasteiger partial charge in [0.15, 0.2) is 11.5 Å². The smallest absolute Gasteiger partial charge is 0.338 e. The van der Waals surface area contributed by atoms with Crippen LogP contribution < -0.4 is 14.8 Å². The predicted molar refractivity (Wildman–Crippen MR) is 125 cm³/mol. The van der Waals surface area contributed by atoms with Crippen molar-refractivity contribution in [1.82, 2.24) is 15.2 Å². The second kappa shape index (κ2) is 10.3. The number of ether oxygens (including phenoxy) is 3. The average molecular weight is 482 g/mol. The Morgan fingerprint density at radius 2 is 2.03 bits per heavy atom. The number of carbonyl (C=O) groups is 3. The summed E-state index contributed by atoms with van der Waals surface area (Å²) in [4.78, 5) is 41.7. The Kier molecular flexibility index (Phi) is 7.07. The van der Waals surface area contributed by atoms with Gasteiger partial charge in [-0.1, -0.05) is 12.1 Å².